The second kappa shape index (κ2) is 9.02. The summed E-state index contributed by atoms with van der Waals surface area (Å²) in [6.45, 7) is 0.498. The SMILES string of the molecule is O=C(Cc1ccc(Cl)cc1)OCCCOc1c(Cl)cc(O)cc1Cl. The Bertz CT molecular complexity index is 678. The third kappa shape index (κ3) is 5.78. The number of carbonyl (C=O) groups excluding carboxylic acids is 1. The maximum Gasteiger partial charge on any atom is 0.310 e. The highest BCUT2D eigenvalue weighted by atomic mass is 35.5. The summed E-state index contributed by atoms with van der Waals surface area (Å²) in [5, 5.41) is 10.4. The van der Waals surface area contributed by atoms with Gasteiger partial charge in [-0.3, -0.25) is 4.79 Å². The summed E-state index contributed by atoms with van der Waals surface area (Å²) in [6.07, 6.45) is 0.674. The maximum atomic E-state index is 11.7. The molecule has 0 aromatic heterocycles. The van der Waals surface area contributed by atoms with Gasteiger partial charge in [0, 0.05) is 23.6 Å². The minimum Gasteiger partial charge on any atom is -0.508 e. The van der Waals surface area contributed by atoms with E-state index >= 15 is 0 Å². The predicted octanol–water partition coefficient (Wildman–Crippen LogP) is 4.91. The lowest BCUT2D eigenvalue weighted by Gasteiger charge is -2.10. The van der Waals surface area contributed by atoms with Crippen LogP contribution < -0.4 is 4.74 Å². The van der Waals surface area contributed by atoms with Gasteiger partial charge < -0.3 is 14.6 Å². The summed E-state index contributed by atoms with van der Waals surface area (Å²) in [5.41, 5.74) is 0.836. The first kappa shape index (κ1) is 18.7. The fraction of sp³-hybridized carbons (Fsp3) is 0.235. The Morgan fingerprint density at radius 1 is 1.00 bits per heavy atom. The molecule has 0 bridgehead atoms. The van der Waals surface area contributed by atoms with Crippen molar-refractivity contribution in [3.8, 4) is 11.5 Å². The van der Waals surface area contributed by atoms with Crippen molar-refractivity contribution in [2.75, 3.05) is 13.2 Å². The standard InChI is InChI=1S/C17H15Cl3O4/c18-12-4-2-11(3-5-12)8-16(22)23-6-1-7-24-17-14(19)9-13(21)10-15(17)20/h2-5,9-10,21H,1,6-8H2. The molecule has 0 spiro atoms. The van der Waals surface area contributed by atoms with E-state index in [1.807, 2.05) is 0 Å². The molecule has 0 aliphatic carbocycles. The molecule has 0 saturated carbocycles. The van der Waals surface area contributed by atoms with Crippen molar-refractivity contribution in [3.05, 3.63) is 57.0 Å². The van der Waals surface area contributed by atoms with E-state index in [0.717, 1.165) is 5.56 Å². The molecule has 0 heterocycles. The van der Waals surface area contributed by atoms with E-state index in [0.29, 0.717) is 17.2 Å². The van der Waals surface area contributed by atoms with Crippen LogP contribution in [0.15, 0.2) is 36.4 Å². The van der Waals surface area contributed by atoms with Gasteiger partial charge in [-0.1, -0.05) is 46.9 Å². The van der Waals surface area contributed by atoms with Crippen LogP contribution in [-0.2, 0) is 16.0 Å². The van der Waals surface area contributed by atoms with Gasteiger partial charge in [-0.25, -0.2) is 0 Å². The average molecular weight is 390 g/mol. The van der Waals surface area contributed by atoms with Crippen molar-refractivity contribution in [1.29, 1.82) is 0 Å². The summed E-state index contributed by atoms with van der Waals surface area (Å²) < 4.78 is 10.6. The summed E-state index contributed by atoms with van der Waals surface area (Å²) in [5.74, 6) is -0.0601. The molecule has 0 amide bonds. The zero-order chi connectivity index (χ0) is 17.5. The van der Waals surface area contributed by atoms with Gasteiger partial charge in [-0.05, 0) is 17.7 Å². The molecule has 2 aromatic rings. The molecule has 2 aromatic carbocycles. The van der Waals surface area contributed by atoms with Gasteiger partial charge in [0.1, 0.15) is 5.75 Å². The predicted molar refractivity (Wildman–Crippen MR) is 94.4 cm³/mol. The Morgan fingerprint density at radius 2 is 1.62 bits per heavy atom. The Labute approximate surface area is 154 Å². The van der Waals surface area contributed by atoms with E-state index in [-0.39, 0.29) is 41.4 Å². The van der Waals surface area contributed by atoms with Gasteiger partial charge in [-0.15, -0.1) is 0 Å². The average Bonchev–Trinajstić information content (AvgIpc) is 2.51. The molecule has 0 unspecified atom stereocenters. The van der Waals surface area contributed by atoms with Gasteiger partial charge in [-0.2, -0.15) is 0 Å². The van der Waals surface area contributed by atoms with E-state index in [9.17, 15) is 9.90 Å². The van der Waals surface area contributed by atoms with Crippen molar-refractivity contribution in [2.45, 2.75) is 12.8 Å². The molecule has 0 saturated heterocycles. The minimum atomic E-state index is -0.321. The third-order valence-electron chi connectivity index (χ3n) is 3.04. The number of aromatic hydroxyl groups is 1. The molecule has 2 rings (SSSR count). The lowest BCUT2D eigenvalue weighted by molar-refractivity contribution is -0.143. The van der Waals surface area contributed by atoms with Crippen LogP contribution in [-0.4, -0.2) is 24.3 Å². The molecule has 0 atom stereocenters. The minimum absolute atomic E-state index is 0.0338. The highest BCUT2D eigenvalue weighted by Crippen LogP contribution is 2.36. The van der Waals surface area contributed by atoms with Gasteiger partial charge >= 0.3 is 5.97 Å². The summed E-state index contributed by atoms with van der Waals surface area (Å²) in [6, 6.07) is 9.69. The van der Waals surface area contributed by atoms with Crippen LogP contribution in [0.25, 0.3) is 0 Å². The van der Waals surface area contributed by atoms with Crippen molar-refractivity contribution in [2.24, 2.45) is 0 Å². The second-order valence-corrected chi connectivity index (χ2v) is 6.22. The molecule has 0 fully saturated rings. The number of ether oxygens (including phenoxy) is 2. The van der Waals surface area contributed by atoms with E-state index < -0.39 is 0 Å². The lowest BCUT2D eigenvalue weighted by Crippen LogP contribution is -2.11. The van der Waals surface area contributed by atoms with Crippen molar-refractivity contribution < 1.29 is 19.4 Å². The van der Waals surface area contributed by atoms with Crippen LogP contribution in [0.3, 0.4) is 0 Å². The first-order chi connectivity index (χ1) is 11.5. The third-order valence-corrected chi connectivity index (χ3v) is 3.86. The molecule has 4 nitrogen and oxygen atoms in total. The monoisotopic (exact) mass is 388 g/mol. The van der Waals surface area contributed by atoms with Crippen LogP contribution in [0, 0.1) is 0 Å². The number of benzene rings is 2. The fourth-order valence-electron chi connectivity index (χ4n) is 1.92. The number of rotatable bonds is 7. The van der Waals surface area contributed by atoms with Crippen LogP contribution in [0.2, 0.25) is 15.1 Å². The van der Waals surface area contributed by atoms with Crippen LogP contribution in [0.4, 0.5) is 0 Å². The quantitative estimate of drug-likeness (QED) is 0.540. The normalized spacial score (nSPS) is 10.5. The van der Waals surface area contributed by atoms with Crippen molar-refractivity contribution in [1.82, 2.24) is 0 Å². The van der Waals surface area contributed by atoms with Crippen molar-refractivity contribution in [3.63, 3.8) is 0 Å². The number of hydrogen-bond donors (Lipinski definition) is 1. The Hall–Kier alpha value is -1.62. The Kier molecular flexibility index (Phi) is 7.03. The highest BCUT2D eigenvalue weighted by Gasteiger charge is 2.10. The number of phenolic OH excluding ortho intramolecular Hbond substituents is 1. The molecule has 7 heteroatoms. The lowest BCUT2D eigenvalue weighted by atomic mass is 10.1. The number of hydrogen-bond acceptors (Lipinski definition) is 4. The van der Waals surface area contributed by atoms with E-state index in [1.54, 1.807) is 24.3 Å². The molecule has 128 valence electrons. The molecule has 0 radical (unpaired) electrons. The summed E-state index contributed by atoms with van der Waals surface area (Å²) in [7, 11) is 0. The molecular weight excluding hydrogens is 375 g/mol. The fourth-order valence-corrected chi connectivity index (χ4v) is 2.63. The molecule has 1 N–H and O–H groups in total. The van der Waals surface area contributed by atoms with E-state index in [2.05, 4.69) is 0 Å². The largest absolute Gasteiger partial charge is 0.508 e. The zero-order valence-electron chi connectivity index (χ0n) is 12.6. The van der Waals surface area contributed by atoms with Crippen LogP contribution >= 0.6 is 34.8 Å². The van der Waals surface area contributed by atoms with Crippen LogP contribution in [0.1, 0.15) is 12.0 Å². The van der Waals surface area contributed by atoms with E-state index in [4.69, 9.17) is 44.3 Å². The van der Waals surface area contributed by atoms with Crippen LogP contribution in [0.5, 0.6) is 11.5 Å². The van der Waals surface area contributed by atoms with Gasteiger partial charge in [0.25, 0.3) is 0 Å². The Morgan fingerprint density at radius 3 is 2.25 bits per heavy atom. The first-order valence-corrected chi connectivity index (χ1v) is 8.30. The number of halogens is 3. The summed E-state index contributed by atoms with van der Waals surface area (Å²) in [4.78, 5) is 11.7. The maximum absolute atomic E-state index is 11.7. The number of carbonyl (C=O) groups is 1. The second-order valence-electron chi connectivity index (χ2n) is 4.96. The first-order valence-electron chi connectivity index (χ1n) is 7.16. The summed E-state index contributed by atoms with van der Waals surface area (Å²) >= 11 is 17.7. The van der Waals surface area contributed by atoms with Crippen molar-refractivity contribution >= 4 is 40.8 Å². The Balaban J connectivity index is 1.69. The van der Waals surface area contributed by atoms with E-state index in [1.165, 1.54) is 12.1 Å². The molecule has 0 aliphatic heterocycles. The number of esters is 1. The van der Waals surface area contributed by atoms with Gasteiger partial charge in [0.15, 0.2) is 5.75 Å². The molecular formula is C17H15Cl3O4. The van der Waals surface area contributed by atoms with Gasteiger partial charge in [0.05, 0.1) is 29.7 Å². The zero-order valence-corrected chi connectivity index (χ0v) is 14.9. The van der Waals surface area contributed by atoms with Gasteiger partial charge in [0.2, 0.25) is 0 Å². The molecule has 24 heavy (non-hydrogen) atoms. The highest BCUT2D eigenvalue weighted by molar-refractivity contribution is 6.37. The number of phenols is 1. The topological polar surface area (TPSA) is 55.8 Å². The molecule has 0 aliphatic rings. The smallest absolute Gasteiger partial charge is 0.310 e.